The largest absolute Gasteiger partial charge is 0.382 e. The topological polar surface area (TPSA) is 43.4 Å². The second-order valence-corrected chi connectivity index (χ2v) is 6.35. The van der Waals surface area contributed by atoms with Crippen LogP contribution >= 0.6 is 0 Å². The summed E-state index contributed by atoms with van der Waals surface area (Å²) in [5.41, 5.74) is 2.59. The molecule has 0 saturated carbocycles. The summed E-state index contributed by atoms with van der Waals surface area (Å²) in [4.78, 5) is 0. The van der Waals surface area contributed by atoms with Gasteiger partial charge in [0.25, 0.3) is 0 Å². The second-order valence-electron chi connectivity index (χ2n) is 4.78. The van der Waals surface area contributed by atoms with Crippen LogP contribution in [0.15, 0.2) is 36.4 Å². The van der Waals surface area contributed by atoms with Crippen LogP contribution in [0.25, 0.3) is 0 Å². The molecule has 0 aliphatic heterocycles. The van der Waals surface area contributed by atoms with E-state index in [0.29, 0.717) is 11.6 Å². The SMILES string of the molecule is Cc1ccc(CS(=O)(=O)Oc2ccc(F)c(F)c2)cc1C. The third-order valence-electron chi connectivity index (χ3n) is 3.03. The van der Waals surface area contributed by atoms with Crippen LogP contribution in [0, 0.1) is 25.5 Å². The molecule has 0 heterocycles. The fraction of sp³-hybridized carbons (Fsp3) is 0.200. The van der Waals surface area contributed by atoms with E-state index in [1.54, 1.807) is 12.1 Å². The van der Waals surface area contributed by atoms with Gasteiger partial charge in [-0.3, -0.25) is 0 Å². The van der Waals surface area contributed by atoms with Crippen molar-refractivity contribution >= 4 is 10.1 Å². The minimum Gasteiger partial charge on any atom is -0.382 e. The molecule has 2 aromatic carbocycles. The summed E-state index contributed by atoms with van der Waals surface area (Å²) in [5, 5.41) is 0. The number of benzene rings is 2. The zero-order chi connectivity index (χ0) is 15.6. The monoisotopic (exact) mass is 312 g/mol. The summed E-state index contributed by atoms with van der Waals surface area (Å²) in [6.45, 7) is 3.80. The highest BCUT2D eigenvalue weighted by atomic mass is 32.2. The molecule has 0 aromatic heterocycles. The van der Waals surface area contributed by atoms with Gasteiger partial charge in [0.2, 0.25) is 0 Å². The van der Waals surface area contributed by atoms with E-state index < -0.39 is 21.8 Å². The number of hydrogen-bond acceptors (Lipinski definition) is 3. The van der Waals surface area contributed by atoms with E-state index in [9.17, 15) is 17.2 Å². The van der Waals surface area contributed by atoms with Crippen LogP contribution in [0.2, 0.25) is 0 Å². The molecule has 0 N–H and O–H groups in total. The summed E-state index contributed by atoms with van der Waals surface area (Å²) in [7, 11) is -3.94. The van der Waals surface area contributed by atoms with Crippen LogP contribution in [0.3, 0.4) is 0 Å². The Labute approximate surface area is 122 Å². The van der Waals surface area contributed by atoms with Gasteiger partial charge in [-0.1, -0.05) is 18.2 Å². The van der Waals surface area contributed by atoms with Crippen molar-refractivity contribution in [2.75, 3.05) is 0 Å². The van der Waals surface area contributed by atoms with Crippen molar-refractivity contribution in [3.63, 3.8) is 0 Å². The van der Waals surface area contributed by atoms with Gasteiger partial charge in [0, 0.05) is 6.07 Å². The minimum atomic E-state index is -3.94. The average molecular weight is 312 g/mol. The first-order valence-corrected chi connectivity index (χ1v) is 7.78. The highest BCUT2D eigenvalue weighted by molar-refractivity contribution is 7.86. The molecule has 0 aliphatic carbocycles. The van der Waals surface area contributed by atoms with Gasteiger partial charge in [-0.05, 0) is 42.7 Å². The predicted octanol–water partition coefficient (Wildman–Crippen LogP) is 3.49. The molecule has 2 aromatic rings. The van der Waals surface area contributed by atoms with Crippen LogP contribution in [-0.4, -0.2) is 8.42 Å². The zero-order valence-corrected chi connectivity index (χ0v) is 12.4. The summed E-state index contributed by atoms with van der Waals surface area (Å²) in [5.74, 6) is -2.81. The van der Waals surface area contributed by atoms with Crippen molar-refractivity contribution in [3.8, 4) is 5.75 Å². The first-order chi connectivity index (χ1) is 9.77. The molecule has 2 rings (SSSR count). The second kappa shape index (κ2) is 5.81. The van der Waals surface area contributed by atoms with Gasteiger partial charge < -0.3 is 4.18 Å². The van der Waals surface area contributed by atoms with E-state index in [2.05, 4.69) is 0 Å². The minimum absolute atomic E-state index is 0.252. The molecule has 0 atom stereocenters. The third kappa shape index (κ3) is 4.01. The Morgan fingerprint density at radius 2 is 1.67 bits per heavy atom. The highest BCUT2D eigenvalue weighted by Gasteiger charge is 2.16. The lowest BCUT2D eigenvalue weighted by Gasteiger charge is -2.08. The summed E-state index contributed by atoms with van der Waals surface area (Å²) >= 11 is 0. The summed E-state index contributed by atoms with van der Waals surface area (Å²) in [6.07, 6.45) is 0. The summed E-state index contributed by atoms with van der Waals surface area (Å²) < 4.78 is 54.4. The average Bonchev–Trinajstić information content (AvgIpc) is 2.37. The molecule has 0 saturated heterocycles. The Hall–Kier alpha value is -1.95. The van der Waals surface area contributed by atoms with Gasteiger partial charge in [0.1, 0.15) is 11.5 Å². The maximum Gasteiger partial charge on any atom is 0.313 e. The summed E-state index contributed by atoms with van der Waals surface area (Å²) in [6, 6.07) is 7.84. The Morgan fingerprint density at radius 1 is 0.952 bits per heavy atom. The van der Waals surface area contributed by atoms with Gasteiger partial charge in [-0.15, -0.1) is 0 Å². The van der Waals surface area contributed by atoms with E-state index in [-0.39, 0.29) is 11.5 Å². The van der Waals surface area contributed by atoms with Crippen molar-refractivity contribution in [1.82, 2.24) is 0 Å². The molecule has 6 heteroatoms. The third-order valence-corrected chi connectivity index (χ3v) is 4.16. The normalized spacial score (nSPS) is 11.4. The van der Waals surface area contributed by atoms with Gasteiger partial charge in [0.15, 0.2) is 11.6 Å². The predicted molar refractivity (Wildman–Crippen MR) is 75.5 cm³/mol. The van der Waals surface area contributed by atoms with Gasteiger partial charge in [-0.2, -0.15) is 8.42 Å². The standard InChI is InChI=1S/C15H14F2O3S/c1-10-3-4-12(7-11(10)2)9-21(18,19)20-13-5-6-14(16)15(17)8-13/h3-8H,9H2,1-2H3. The van der Waals surface area contributed by atoms with Crippen molar-refractivity contribution < 1.29 is 21.4 Å². The lowest BCUT2D eigenvalue weighted by molar-refractivity contribution is 0.471. The molecule has 0 amide bonds. The molecule has 112 valence electrons. The molecule has 3 nitrogen and oxygen atoms in total. The molecule has 0 unspecified atom stereocenters. The van der Waals surface area contributed by atoms with Crippen molar-refractivity contribution in [1.29, 1.82) is 0 Å². The number of rotatable bonds is 4. The van der Waals surface area contributed by atoms with E-state index in [0.717, 1.165) is 23.3 Å². The Morgan fingerprint density at radius 3 is 2.29 bits per heavy atom. The molecule has 0 fully saturated rings. The van der Waals surface area contributed by atoms with E-state index in [1.807, 2.05) is 19.9 Å². The Bertz CT molecular complexity index is 711. The lowest BCUT2D eigenvalue weighted by atomic mass is 10.1. The highest BCUT2D eigenvalue weighted by Crippen LogP contribution is 2.19. The molecule has 21 heavy (non-hydrogen) atoms. The fourth-order valence-electron chi connectivity index (χ4n) is 1.80. The van der Waals surface area contributed by atoms with E-state index in [1.165, 1.54) is 0 Å². The number of halogens is 2. The van der Waals surface area contributed by atoms with Crippen LogP contribution in [0.4, 0.5) is 8.78 Å². The number of hydrogen-bond donors (Lipinski definition) is 0. The zero-order valence-electron chi connectivity index (χ0n) is 11.6. The smallest absolute Gasteiger partial charge is 0.313 e. The fourth-order valence-corrected chi connectivity index (χ4v) is 2.85. The Kier molecular flexibility index (Phi) is 4.27. The molecule has 0 aliphatic rings. The van der Waals surface area contributed by atoms with Crippen molar-refractivity contribution in [3.05, 3.63) is 64.7 Å². The van der Waals surface area contributed by atoms with E-state index in [4.69, 9.17) is 4.18 Å². The number of aryl methyl sites for hydroxylation is 2. The van der Waals surface area contributed by atoms with Gasteiger partial charge in [0.05, 0.1) is 0 Å². The molecular formula is C15H14F2O3S. The van der Waals surface area contributed by atoms with E-state index >= 15 is 0 Å². The van der Waals surface area contributed by atoms with Crippen molar-refractivity contribution in [2.45, 2.75) is 19.6 Å². The lowest BCUT2D eigenvalue weighted by Crippen LogP contribution is -2.12. The molecule has 0 spiro atoms. The Balaban J connectivity index is 2.18. The molecular weight excluding hydrogens is 298 g/mol. The van der Waals surface area contributed by atoms with Crippen LogP contribution in [0.1, 0.15) is 16.7 Å². The van der Waals surface area contributed by atoms with Crippen LogP contribution in [0.5, 0.6) is 5.75 Å². The maximum absolute atomic E-state index is 13.0. The molecule has 0 bridgehead atoms. The van der Waals surface area contributed by atoms with Gasteiger partial charge >= 0.3 is 10.1 Å². The van der Waals surface area contributed by atoms with Crippen molar-refractivity contribution in [2.24, 2.45) is 0 Å². The first kappa shape index (κ1) is 15.4. The maximum atomic E-state index is 13.0. The van der Waals surface area contributed by atoms with Gasteiger partial charge in [-0.25, -0.2) is 8.78 Å². The van der Waals surface area contributed by atoms with Crippen LogP contribution in [-0.2, 0) is 15.9 Å². The molecule has 0 radical (unpaired) electrons. The quantitative estimate of drug-likeness (QED) is 0.812. The first-order valence-electron chi connectivity index (χ1n) is 6.20. The van der Waals surface area contributed by atoms with Crippen LogP contribution < -0.4 is 4.18 Å².